The minimum absolute atomic E-state index is 0.105. The first kappa shape index (κ1) is 17.1. The summed E-state index contributed by atoms with van der Waals surface area (Å²) in [6.45, 7) is 3.31. The molecule has 2 amide bonds. The standard InChI is InChI=1S/C16H20N4O2S/c1-2-6-18-15(21)12-5-3-4-11(7-12)9-19-16(22)13-10-23-14(8-17)20-13/h3-5,7,10H,2,6,8-9,17H2,1H3,(H,18,21)(H,19,22). The summed E-state index contributed by atoms with van der Waals surface area (Å²) in [6.07, 6.45) is 0.889. The highest BCUT2D eigenvalue weighted by molar-refractivity contribution is 7.09. The second-order valence-corrected chi connectivity index (χ2v) is 5.91. The van der Waals surface area contributed by atoms with Gasteiger partial charge in [0.1, 0.15) is 10.7 Å². The molecule has 0 bridgehead atoms. The van der Waals surface area contributed by atoms with Gasteiger partial charge in [-0.05, 0) is 24.1 Å². The number of amides is 2. The van der Waals surface area contributed by atoms with E-state index in [-0.39, 0.29) is 11.8 Å². The lowest BCUT2D eigenvalue weighted by molar-refractivity contribution is 0.0943. The molecule has 4 N–H and O–H groups in total. The third kappa shape index (κ3) is 4.87. The Morgan fingerprint density at radius 2 is 2.09 bits per heavy atom. The number of rotatable bonds is 7. The average Bonchev–Trinajstić information content (AvgIpc) is 3.07. The second-order valence-electron chi connectivity index (χ2n) is 4.97. The fraction of sp³-hybridized carbons (Fsp3) is 0.312. The molecular formula is C16H20N4O2S. The minimum Gasteiger partial charge on any atom is -0.352 e. The molecule has 0 saturated carbocycles. The summed E-state index contributed by atoms with van der Waals surface area (Å²) >= 11 is 1.36. The van der Waals surface area contributed by atoms with Gasteiger partial charge in [-0.2, -0.15) is 0 Å². The Kier molecular flexibility index (Phi) is 6.25. The highest BCUT2D eigenvalue weighted by Crippen LogP contribution is 2.09. The number of hydrogen-bond acceptors (Lipinski definition) is 5. The Balaban J connectivity index is 1.95. The van der Waals surface area contributed by atoms with E-state index in [1.165, 1.54) is 11.3 Å². The molecule has 122 valence electrons. The molecule has 6 nitrogen and oxygen atoms in total. The number of carbonyl (C=O) groups excluding carboxylic acids is 2. The summed E-state index contributed by atoms with van der Waals surface area (Å²) in [5.74, 6) is -0.353. The number of nitrogens with one attached hydrogen (secondary N) is 2. The first-order chi connectivity index (χ1) is 11.1. The first-order valence-corrected chi connectivity index (χ1v) is 8.31. The molecule has 0 atom stereocenters. The third-order valence-electron chi connectivity index (χ3n) is 3.14. The Labute approximate surface area is 139 Å². The van der Waals surface area contributed by atoms with Crippen LogP contribution in [0.3, 0.4) is 0 Å². The molecule has 0 aliphatic heterocycles. The zero-order chi connectivity index (χ0) is 16.7. The largest absolute Gasteiger partial charge is 0.352 e. The van der Waals surface area contributed by atoms with Crippen LogP contribution in [0, 0.1) is 0 Å². The summed E-state index contributed by atoms with van der Waals surface area (Å²) in [7, 11) is 0. The van der Waals surface area contributed by atoms with Crippen molar-refractivity contribution < 1.29 is 9.59 Å². The molecule has 2 rings (SSSR count). The maximum atomic E-state index is 12.0. The van der Waals surface area contributed by atoms with Crippen LogP contribution in [-0.4, -0.2) is 23.3 Å². The van der Waals surface area contributed by atoms with Gasteiger partial charge in [0.25, 0.3) is 11.8 Å². The van der Waals surface area contributed by atoms with Gasteiger partial charge in [0.2, 0.25) is 0 Å². The van der Waals surface area contributed by atoms with Gasteiger partial charge in [-0.3, -0.25) is 9.59 Å². The molecule has 0 fully saturated rings. The van der Waals surface area contributed by atoms with E-state index in [0.29, 0.717) is 30.9 Å². The van der Waals surface area contributed by atoms with Crippen LogP contribution in [-0.2, 0) is 13.1 Å². The molecule has 1 aromatic carbocycles. The average molecular weight is 332 g/mol. The van der Waals surface area contributed by atoms with E-state index >= 15 is 0 Å². The van der Waals surface area contributed by atoms with E-state index in [0.717, 1.165) is 17.0 Å². The molecule has 0 spiro atoms. The summed E-state index contributed by atoms with van der Waals surface area (Å²) < 4.78 is 0. The van der Waals surface area contributed by atoms with Crippen LogP contribution in [0.25, 0.3) is 0 Å². The Morgan fingerprint density at radius 3 is 2.78 bits per heavy atom. The molecule has 7 heteroatoms. The van der Waals surface area contributed by atoms with Crippen molar-refractivity contribution in [3.8, 4) is 0 Å². The monoisotopic (exact) mass is 332 g/mol. The number of benzene rings is 1. The van der Waals surface area contributed by atoms with Crippen molar-refractivity contribution in [2.45, 2.75) is 26.4 Å². The van der Waals surface area contributed by atoms with Crippen LogP contribution in [0.15, 0.2) is 29.6 Å². The fourth-order valence-corrected chi connectivity index (χ4v) is 2.60. The molecule has 0 radical (unpaired) electrons. The molecular weight excluding hydrogens is 312 g/mol. The quantitative estimate of drug-likeness (QED) is 0.718. The van der Waals surface area contributed by atoms with E-state index in [4.69, 9.17) is 5.73 Å². The van der Waals surface area contributed by atoms with E-state index in [9.17, 15) is 9.59 Å². The van der Waals surface area contributed by atoms with Gasteiger partial charge < -0.3 is 16.4 Å². The van der Waals surface area contributed by atoms with Crippen molar-refractivity contribution >= 4 is 23.2 Å². The number of thiazole rings is 1. The van der Waals surface area contributed by atoms with E-state index < -0.39 is 0 Å². The lowest BCUT2D eigenvalue weighted by atomic mass is 10.1. The molecule has 0 aliphatic carbocycles. The maximum absolute atomic E-state index is 12.0. The van der Waals surface area contributed by atoms with E-state index in [2.05, 4.69) is 15.6 Å². The molecule has 2 aromatic rings. The summed E-state index contributed by atoms with van der Waals surface area (Å²) in [4.78, 5) is 28.1. The Morgan fingerprint density at radius 1 is 1.26 bits per heavy atom. The number of hydrogen-bond donors (Lipinski definition) is 3. The molecule has 1 heterocycles. The van der Waals surface area contributed by atoms with Gasteiger partial charge in [-0.1, -0.05) is 19.1 Å². The van der Waals surface area contributed by atoms with Crippen LogP contribution < -0.4 is 16.4 Å². The van der Waals surface area contributed by atoms with Gasteiger partial charge >= 0.3 is 0 Å². The van der Waals surface area contributed by atoms with Crippen LogP contribution in [0.5, 0.6) is 0 Å². The van der Waals surface area contributed by atoms with Crippen LogP contribution in [0.1, 0.15) is 44.8 Å². The van der Waals surface area contributed by atoms with Crippen molar-refractivity contribution in [1.29, 1.82) is 0 Å². The van der Waals surface area contributed by atoms with E-state index in [1.807, 2.05) is 13.0 Å². The molecule has 1 aromatic heterocycles. The summed E-state index contributed by atoms with van der Waals surface area (Å²) in [6, 6.07) is 7.20. The molecule has 0 saturated heterocycles. The van der Waals surface area contributed by atoms with Crippen molar-refractivity contribution in [1.82, 2.24) is 15.6 Å². The highest BCUT2D eigenvalue weighted by Gasteiger charge is 2.10. The number of nitrogens with two attached hydrogens (primary N) is 1. The molecule has 0 unspecified atom stereocenters. The van der Waals surface area contributed by atoms with Crippen molar-refractivity contribution in [2.75, 3.05) is 6.54 Å². The summed E-state index contributed by atoms with van der Waals surface area (Å²) in [5.41, 5.74) is 7.30. The summed E-state index contributed by atoms with van der Waals surface area (Å²) in [5, 5.41) is 8.04. The zero-order valence-corrected chi connectivity index (χ0v) is 13.8. The normalized spacial score (nSPS) is 10.3. The van der Waals surface area contributed by atoms with Crippen molar-refractivity contribution in [2.24, 2.45) is 5.73 Å². The SMILES string of the molecule is CCCNC(=O)c1cccc(CNC(=O)c2csc(CN)n2)c1. The molecule has 0 aliphatic rings. The fourth-order valence-electron chi connectivity index (χ4n) is 1.94. The van der Waals surface area contributed by atoms with Crippen LogP contribution in [0.4, 0.5) is 0 Å². The van der Waals surface area contributed by atoms with Gasteiger partial charge in [-0.15, -0.1) is 11.3 Å². The van der Waals surface area contributed by atoms with Crippen LogP contribution >= 0.6 is 11.3 Å². The van der Waals surface area contributed by atoms with Gasteiger partial charge in [0.05, 0.1) is 0 Å². The Bertz CT molecular complexity index is 684. The van der Waals surface area contributed by atoms with Gasteiger partial charge in [0, 0.05) is 30.6 Å². The second kappa shape index (κ2) is 8.40. The lowest BCUT2D eigenvalue weighted by Gasteiger charge is -2.07. The number of aromatic nitrogens is 1. The predicted octanol–water partition coefficient (Wildman–Crippen LogP) is 1.67. The van der Waals surface area contributed by atoms with Crippen LogP contribution in [0.2, 0.25) is 0 Å². The molecule has 23 heavy (non-hydrogen) atoms. The van der Waals surface area contributed by atoms with Crippen molar-refractivity contribution in [3.05, 3.63) is 51.5 Å². The number of carbonyl (C=O) groups is 2. The predicted molar refractivity (Wildman–Crippen MR) is 90.2 cm³/mol. The topological polar surface area (TPSA) is 97.1 Å². The van der Waals surface area contributed by atoms with Gasteiger partial charge in [-0.25, -0.2) is 4.98 Å². The zero-order valence-electron chi connectivity index (χ0n) is 13.0. The van der Waals surface area contributed by atoms with E-state index in [1.54, 1.807) is 23.6 Å². The third-order valence-corrected chi connectivity index (χ3v) is 4.01. The van der Waals surface area contributed by atoms with Crippen molar-refractivity contribution in [3.63, 3.8) is 0 Å². The Hall–Kier alpha value is -2.25. The maximum Gasteiger partial charge on any atom is 0.271 e. The minimum atomic E-state index is -0.248. The smallest absolute Gasteiger partial charge is 0.271 e. The number of nitrogens with zero attached hydrogens (tertiary/aromatic N) is 1. The first-order valence-electron chi connectivity index (χ1n) is 7.43. The lowest BCUT2D eigenvalue weighted by Crippen LogP contribution is -2.25. The highest BCUT2D eigenvalue weighted by atomic mass is 32.1. The van der Waals surface area contributed by atoms with Gasteiger partial charge in [0.15, 0.2) is 0 Å².